The number of hydrogen-bond donors (Lipinski definition) is 2. The second kappa shape index (κ2) is 11.9. The molecule has 174 valence electrons. The van der Waals surface area contributed by atoms with E-state index in [9.17, 15) is 18.8 Å². The van der Waals surface area contributed by atoms with Gasteiger partial charge in [-0.25, -0.2) is 4.39 Å². The first-order chi connectivity index (χ1) is 16.0. The Kier molecular flexibility index (Phi) is 8.75. The normalized spacial score (nSPS) is 14.7. The monoisotopic (exact) mass is 452 g/mol. The summed E-state index contributed by atoms with van der Waals surface area (Å²) in [5.41, 5.74) is 3.57. The predicted octanol–water partition coefficient (Wildman–Crippen LogP) is 4.11. The fourth-order valence-corrected chi connectivity index (χ4v) is 3.85. The van der Waals surface area contributed by atoms with Gasteiger partial charge in [-0.3, -0.25) is 14.4 Å². The molecule has 3 rings (SSSR count). The zero-order valence-electron chi connectivity index (χ0n) is 18.7. The third-order valence-corrected chi connectivity index (χ3v) is 5.67. The molecule has 0 spiro atoms. The van der Waals surface area contributed by atoms with Gasteiger partial charge in [0, 0.05) is 24.6 Å². The first kappa shape index (κ1) is 24.2. The molecule has 2 aromatic carbocycles. The van der Waals surface area contributed by atoms with Gasteiger partial charge in [0.2, 0.25) is 5.91 Å². The van der Waals surface area contributed by atoms with E-state index in [1.54, 1.807) is 6.08 Å². The number of amides is 2. The van der Waals surface area contributed by atoms with E-state index >= 15 is 0 Å². The molecule has 0 aromatic heterocycles. The summed E-state index contributed by atoms with van der Waals surface area (Å²) >= 11 is 0. The number of benzene rings is 2. The SMILES string of the molecule is COC(=O)CCCCCNC(=O)/C=C/c1ccc2c(c1)CCC2NC(=O)c1ccc(F)cc1. The lowest BCUT2D eigenvalue weighted by Gasteiger charge is -2.14. The molecule has 0 saturated heterocycles. The van der Waals surface area contributed by atoms with E-state index in [-0.39, 0.29) is 29.6 Å². The summed E-state index contributed by atoms with van der Waals surface area (Å²) in [6.45, 7) is 0.559. The molecular weight excluding hydrogens is 423 g/mol. The molecule has 33 heavy (non-hydrogen) atoms. The van der Waals surface area contributed by atoms with Gasteiger partial charge in [0.15, 0.2) is 0 Å². The van der Waals surface area contributed by atoms with Gasteiger partial charge in [0.1, 0.15) is 5.82 Å². The summed E-state index contributed by atoms with van der Waals surface area (Å²) in [5.74, 6) is -0.966. The number of ether oxygens (including phenoxy) is 1. The van der Waals surface area contributed by atoms with Crippen LogP contribution in [0.15, 0.2) is 48.5 Å². The van der Waals surface area contributed by atoms with Gasteiger partial charge in [-0.1, -0.05) is 24.6 Å². The highest BCUT2D eigenvalue weighted by Gasteiger charge is 2.24. The molecule has 6 nitrogen and oxygen atoms in total. The number of esters is 1. The van der Waals surface area contributed by atoms with E-state index in [1.165, 1.54) is 37.5 Å². The highest BCUT2D eigenvalue weighted by Crippen LogP contribution is 2.32. The Morgan fingerprint density at radius 3 is 2.64 bits per heavy atom. The number of rotatable bonds is 10. The number of methoxy groups -OCH3 is 1. The Labute approximate surface area is 193 Å². The van der Waals surface area contributed by atoms with Gasteiger partial charge >= 0.3 is 5.97 Å². The zero-order chi connectivity index (χ0) is 23.6. The van der Waals surface area contributed by atoms with Gasteiger partial charge < -0.3 is 15.4 Å². The number of unbranched alkanes of at least 4 members (excludes halogenated alkanes) is 2. The van der Waals surface area contributed by atoms with Gasteiger partial charge in [-0.15, -0.1) is 0 Å². The molecule has 0 aliphatic heterocycles. The summed E-state index contributed by atoms with van der Waals surface area (Å²) in [6, 6.07) is 11.4. The van der Waals surface area contributed by atoms with Crippen molar-refractivity contribution in [3.8, 4) is 0 Å². The van der Waals surface area contributed by atoms with Crippen molar-refractivity contribution < 1.29 is 23.5 Å². The minimum Gasteiger partial charge on any atom is -0.469 e. The van der Waals surface area contributed by atoms with Crippen LogP contribution in [0, 0.1) is 5.82 Å². The minimum absolute atomic E-state index is 0.0851. The van der Waals surface area contributed by atoms with Crippen molar-refractivity contribution in [2.75, 3.05) is 13.7 Å². The van der Waals surface area contributed by atoms with Crippen LogP contribution in [-0.2, 0) is 20.7 Å². The van der Waals surface area contributed by atoms with Gasteiger partial charge in [0.05, 0.1) is 13.2 Å². The molecule has 1 aliphatic carbocycles. The highest BCUT2D eigenvalue weighted by atomic mass is 19.1. The van der Waals surface area contributed by atoms with Crippen molar-refractivity contribution in [3.05, 3.63) is 76.6 Å². The average Bonchev–Trinajstić information content (AvgIpc) is 3.21. The highest BCUT2D eigenvalue weighted by molar-refractivity contribution is 5.94. The Balaban J connectivity index is 1.45. The lowest BCUT2D eigenvalue weighted by molar-refractivity contribution is -0.140. The molecule has 2 N–H and O–H groups in total. The fourth-order valence-electron chi connectivity index (χ4n) is 3.85. The van der Waals surface area contributed by atoms with Gasteiger partial charge in [-0.05, 0) is 72.7 Å². The molecule has 0 radical (unpaired) electrons. The van der Waals surface area contributed by atoms with Crippen LogP contribution in [0.1, 0.15) is 65.2 Å². The van der Waals surface area contributed by atoms with Crippen LogP contribution < -0.4 is 10.6 Å². The van der Waals surface area contributed by atoms with E-state index in [2.05, 4.69) is 15.4 Å². The number of carbonyl (C=O) groups excluding carboxylic acids is 3. The van der Waals surface area contributed by atoms with Crippen LogP contribution in [0.4, 0.5) is 4.39 Å². The van der Waals surface area contributed by atoms with E-state index in [1.807, 2.05) is 18.2 Å². The molecule has 2 aromatic rings. The van der Waals surface area contributed by atoms with Crippen molar-refractivity contribution in [1.82, 2.24) is 10.6 Å². The number of carbonyl (C=O) groups is 3. The van der Waals surface area contributed by atoms with Crippen LogP contribution in [0.25, 0.3) is 6.08 Å². The lowest BCUT2D eigenvalue weighted by Crippen LogP contribution is -2.27. The standard InChI is InChI=1S/C26H29FN2O4/c1-33-25(31)5-3-2-4-16-28-24(30)15-7-18-6-13-22-20(17-18)10-14-23(22)29-26(32)19-8-11-21(27)12-9-19/h6-9,11-13,15,17,23H,2-5,10,14,16H2,1H3,(H,28,30)(H,29,32)/b15-7+. The Bertz CT molecular complexity index is 1020. The Morgan fingerprint density at radius 2 is 1.88 bits per heavy atom. The summed E-state index contributed by atoms with van der Waals surface area (Å²) < 4.78 is 17.7. The third-order valence-electron chi connectivity index (χ3n) is 5.67. The van der Waals surface area contributed by atoms with Crippen LogP contribution >= 0.6 is 0 Å². The Morgan fingerprint density at radius 1 is 1.09 bits per heavy atom. The topological polar surface area (TPSA) is 84.5 Å². The predicted molar refractivity (Wildman–Crippen MR) is 124 cm³/mol. The van der Waals surface area contributed by atoms with Gasteiger partial charge in [-0.2, -0.15) is 0 Å². The largest absolute Gasteiger partial charge is 0.469 e. The van der Waals surface area contributed by atoms with Crippen molar-refractivity contribution in [1.29, 1.82) is 0 Å². The van der Waals surface area contributed by atoms with Gasteiger partial charge in [0.25, 0.3) is 5.91 Å². The van der Waals surface area contributed by atoms with Crippen molar-refractivity contribution in [2.45, 2.75) is 44.6 Å². The summed E-state index contributed by atoms with van der Waals surface area (Å²) in [7, 11) is 1.38. The summed E-state index contributed by atoms with van der Waals surface area (Å²) in [4.78, 5) is 35.5. The second-order valence-electron chi connectivity index (χ2n) is 8.04. The van der Waals surface area contributed by atoms with E-state index in [0.29, 0.717) is 18.5 Å². The minimum atomic E-state index is -0.373. The van der Waals surface area contributed by atoms with Crippen molar-refractivity contribution in [2.24, 2.45) is 0 Å². The fraction of sp³-hybridized carbons (Fsp3) is 0.346. The number of nitrogens with one attached hydrogen (secondary N) is 2. The number of hydrogen-bond acceptors (Lipinski definition) is 4. The van der Waals surface area contributed by atoms with Crippen LogP contribution in [0.5, 0.6) is 0 Å². The number of aryl methyl sites for hydroxylation is 1. The first-order valence-corrected chi connectivity index (χ1v) is 11.2. The maximum Gasteiger partial charge on any atom is 0.305 e. The molecule has 1 aliphatic rings. The zero-order valence-corrected chi connectivity index (χ0v) is 18.7. The number of fused-ring (bicyclic) bond motifs is 1. The average molecular weight is 453 g/mol. The summed E-state index contributed by atoms with van der Waals surface area (Å²) in [6.07, 6.45) is 7.73. The maximum atomic E-state index is 13.1. The second-order valence-corrected chi connectivity index (χ2v) is 8.04. The number of halogens is 1. The summed E-state index contributed by atoms with van der Waals surface area (Å²) in [5, 5.41) is 5.86. The molecular formula is C26H29FN2O4. The van der Waals surface area contributed by atoms with E-state index in [4.69, 9.17) is 0 Å². The van der Waals surface area contributed by atoms with E-state index < -0.39 is 0 Å². The quantitative estimate of drug-likeness (QED) is 0.323. The molecule has 0 heterocycles. The van der Waals surface area contributed by atoms with Crippen molar-refractivity contribution in [3.63, 3.8) is 0 Å². The maximum absolute atomic E-state index is 13.1. The molecule has 1 atom stereocenters. The van der Waals surface area contributed by atoms with Crippen molar-refractivity contribution >= 4 is 23.9 Å². The van der Waals surface area contributed by atoms with Crippen LogP contribution in [-0.4, -0.2) is 31.4 Å². The molecule has 7 heteroatoms. The molecule has 0 fully saturated rings. The molecule has 0 bridgehead atoms. The Hall–Kier alpha value is -3.48. The third kappa shape index (κ3) is 7.27. The molecule has 2 amide bonds. The van der Waals surface area contributed by atoms with E-state index in [0.717, 1.165) is 48.8 Å². The molecule has 0 saturated carbocycles. The lowest BCUT2D eigenvalue weighted by atomic mass is 10.0. The smallest absolute Gasteiger partial charge is 0.305 e. The first-order valence-electron chi connectivity index (χ1n) is 11.2. The van der Waals surface area contributed by atoms with Crippen LogP contribution in [0.2, 0.25) is 0 Å². The molecule has 1 unspecified atom stereocenters. The van der Waals surface area contributed by atoms with Crippen LogP contribution in [0.3, 0.4) is 0 Å².